The monoisotopic (exact) mass is 304 g/mol. The average molecular weight is 304 g/mol. The quantitative estimate of drug-likeness (QED) is 0.674. The Bertz CT molecular complexity index is 697. The summed E-state index contributed by atoms with van der Waals surface area (Å²) in [4.78, 5) is 5.22. The lowest BCUT2D eigenvalue weighted by molar-refractivity contribution is -0.145. The van der Waals surface area contributed by atoms with Crippen LogP contribution in [0.15, 0.2) is 24.3 Å². The van der Waals surface area contributed by atoms with E-state index in [0.717, 1.165) is 6.07 Å². The molecule has 0 amide bonds. The number of benzene rings is 1. The number of nitrogens with one attached hydrogen (secondary N) is 1. The molecule has 0 aliphatic carbocycles. The van der Waals surface area contributed by atoms with Crippen molar-refractivity contribution in [1.82, 2.24) is 9.97 Å². The number of alkyl halides is 3. The van der Waals surface area contributed by atoms with Crippen LogP contribution in [0.1, 0.15) is 5.82 Å². The molecule has 1 heterocycles. The standard InChI is InChI=1S/C12H8F4N2OS/c1-19-8-4-2-3-6(10(8)13)7-5-9(20)18-11(17-7)12(14,15)16/h2-5H,1H3,(H,17,18,20). The van der Waals surface area contributed by atoms with Crippen molar-refractivity contribution in [2.75, 3.05) is 7.11 Å². The highest BCUT2D eigenvalue weighted by Gasteiger charge is 2.34. The molecule has 0 radical (unpaired) electrons. The van der Waals surface area contributed by atoms with Gasteiger partial charge in [0.15, 0.2) is 11.6 Å². The van der Waals surface area contributed by atoms with Crippen molar-refractivity contribution in [2.45, 2.75) is 6.18 Å². The number of hydrogen-bond acceptors (Lipinski definition) is 3. The Kier molecular flexibility index (Phi) is 3.76. The summed E-state index contributed by atoms with van der Waals surface area (Å²) in [5, 5.41) is 0. The van der Waals surface area contributed by atoms with Crippen molar-refractivity contribution >= 4 is 12.2 Å². The zero-order valence-corrected chi connectivity index (χ0v) is 10.9. The van der Waals surface area contributed by atoms with Crippen LogP contribution in [0.4, 0.5) is 17.6 Å². The molecular formula is C12H8F4N2OS. The second-order valence-corrected chi connectivity index (χ2v) is 4.22. The Morgan fingerprint density at radius 2 is 2.00 bits per heavy atom. The number of hydrogen-bond donors (Lipinski definition) is 1. The van der Waals surface area contributed by atoms with Crippen molar-refractivity contribution in [3.05, 3.63) is 40.5 Å². The molecule has 0 spiro atoms. The smallest absolute Gasteiger partial charge is 0.449 e. The minimum absolute atomic E-state index is 0.0767. The third-order valence-corrected chi connectivity index (χ3v) is 2.69. The second-order valence-electron chi connectivity index (χ2n) is 3.80. The number of halogens is 4. The average Bonchev–Trinajstić information content (AvgIpc) is 2.37. The van der Waals surface area contributed by atoms with Crippen LogP contribution in [0.25, 0.3) is 11.3 Å². The van der Waals surface area contributed by atoms with Crippen LogP contribution in [0.3, 0.4) is 0 Å². The van der Waals surface area contributed by atoms with Crippen LogP contribution < -0.4 is 4.74 Å². The van der Waals surface area contributed by atoms with Gasteiger partial charge in [0.25, 0.3) is 0 Å². The third-order valence-electron chi connectivity index (χ3n) is 2.48. The van der Waals surface area contributed by atoms with E-state index in [0.29, 0.717) is 0 Å². The topological polar surface area (TPSA) is 37.9 Å². The molecule has 1 aromatic carbocycles. The van der Waals surface area contributed by atoms with E-state index in [9.17, 15) is 17.6 Å². The fourth-order valence-electron chi connectivity index (χ4n) is 1.61. The summed E-state index contributed by atoms with van der Waals surface area (Å²) in [6.07, 6.45) is -4.70. The van der Waals surface area contributed by atoms with Crippen LogP contribution >= 0.6 is 12.2 Å². The molecule has 1 aromatic heterocycles. The molecule has 2 rings (SSSR count). The molecular weight excluding hydrogens is 296 g/mol. The summed E-state index contributed by atoms with van der Waals surface area (Å²) in [5.74, 6) is -2.13. The molecule has 0 atom stereocenters. The zero-order chi connectivity index (χ0) is 14.9. The van der Waals surface area contributed by atoms with E-state index in [4.69, 9.17) is 4.74 Å². The van der Waals surface area contributed by atoms with Gasteiger partial charge in [-0.3, -0.25) is 0 Å². The molecule has 0 saturated carbocycles. The van der Waals surface area contributed by atoms with Gasteiger partial charge < -0.3 is 9.72 Å². The molecule has 0 fully saturated rings. The lowest BCUT2D eigenvalue weighted by Gasteiger charge is -2.10. The molecule has 0 aliphatic heterocycles. The maximum atomic E-state index is 14.0. The maximum Gasteiger partial charge on any atom is 0.449 e. The van der Waals surface area contributed by atoms with Gasteiger partial charge in [0.05, 0.1) is 12.8 Å². The normalized spacial score (nSPS) is 11.4. The van der Waals surface area contributed by atoms with Crippen LogP contribution in [-0.2, 0) is 6.18 Å². The first kappa shape index (κ1) is 14.4. The first-order valence-corrected chi connectivity index (χ1v) is 5.75. The van der Waals surface area contributed by atoms with Crippen LogP contribution in [0, 0.1) is 10.5 Å². The van der Waals surface area contributed by atoms with Gasteiger partial charge in [0, 0.05) is 5.56 Å². The largest absolute Gasteiger partial charge is 0.494 e. The Morgan fingerprint density at radius 3 is 2.60 bits per heavy atom. The van der Waals surface area contributed by atoms with Crippen LogP contribution in [-0.4, -0.2) is 17.1 Å². The van der Waals surface area contributed by atoms with E-state index in [-0.39, 0.29) is 21.6 Å². The van der Waals surface area contributed by atoms with E-state index in [1.54, 1.807) is 0 Å². The molecule has 0 saturated heterocycles. The van der Waals surface area contributed by atoms with Gasteiger partial charge in [0.2, 0.25) is 5.82 Å². The van der Waals surface area contributed by atoms with Crippen molar-refractivity contribution in [3.8, 4) is 17.0 Å². The van der Waals surface area contributed by atoms with Crippen LogP contribution in [0.2, 0.25) is 0 Å². The third kappa shape index (κ3) is 2.79. The minimum atomic E-state index is -4.70. The fraction of sp³-hybridized carbons (Fsp3) is 0.167. The highest BCUT2D eigenvalue weighted by molar-refractivity contribution is 7.71. The lowest BCUT2D eigenvalue weighted by Crippen LogP contribution is -2.11. The number of nitrogens with zero attached hydrogens (tertiary/aromatic N) is 1. The maximum absolute atomic E-state index is 14.0. The van der Waals surface area contributed by atoms with E-state index in [2.05, 4.69) is 17.2 Å². The first-order chi connectivity index (χ1) is 9.32. The van der Waals surface area contributed by atoms with E-state index < -0.39 is 17.8 Å². The molecule has 0 unspecified atom stereocenters. The van der Waals surface area contributed by atoms with Gasteiger partial charge in [-0.05, 0) is 18.2 Å². The SMILES string of the molecule is COc1cccc(-c2cc(=S)nc(C(F)(F)F)[nH]2)c1F. The Labute approximate surface area is 116 Å². The summed E-state index contributed by atoms with van der Waals surface area (Å²) in [6, 6.07) is 5.29. The van der Waals surface area contributed by atoms with E-state index in [1.165, 1.54) is 25.3 Å². The summed E-state index contributed by atoms with van der Waals surface area (Å²) in [5.41, 5.74) is -0.197. The number of aromatic amines is 1. The van der Waals surface area contributed by atoms with Gasteiger partial charge in [-0.15, -0.1) is 0 Å². The summed E-state index contributed by atoms with van der Waals surface area (Å²) in [6.45, 7) is 0. The van der Waals surface area contributed by atoms with E-state index in [1.807, 2.05) is 4.98 Å². The zero-order valence-electron chi connectivity index (χ0n) is 10.1. The second kappa shape index (κ2) is 5.20. The highest BCUT2D eigenvalue weighted by atomic mass is 32.1. The summed E-state index contributed by atoms with van der Waals surface area (Å²) >= 11 is 4.68. The van der Waals surface area contributed by atoms with Crippen molar-refractivity contribution < 1.29 is 22.3 Å². The lowest BCUT2D eigenvalue weighted by atomic mass is 10.1. The number of ether oxygens (including phenoxy) is 1. The summed E-state index contributed by atoms with van der Waals surface area (Å²) < 4.78 is 56.5. The molecule has 106 valence electrons. The van der Waals surface area contributed by atoms with E-state index >= 15 is 0 Å². The molecule has 1 N–H and O–H groups in total. The number of rotatable bonds is 2. The molecule has 8 heteroatoms. The number of aromatic nitrogens is 2. The van der Waals surface area contributed by atoms with Crippen molar-refractivity contribution in [1.29, 1.82) is 0 Å². The van der Waals surface area contributed by atoms with Crippen molar-refractivity contribution in [2.24, 2.45) is 0 Å². The molecule has 20 heavy (non-hydrogen) atoms. The summed E-state index contributed by atoms with van der Waals surface area (Å²) in [7, 11) is 1.26. The minimum Gasteiger partial charge on any atom is -0.494 e. The fourth-order valence-corrected chi connectivity index (χ4v) is 1.82. The van der Waals surface area contributed by atoms with Crippen LogP contribution in [0.5, 0.6) is 5.75 Å². The number of methoxy groups -OCH3 is 1. The van der Waals surface area contributed by atoms with Gasteiger partial charge in [0.1, 0.15) is 4.64 Å². The molecule has 2 aromatic rings. The molecule has 0 aliphatic rings. The first-order valence-electron chi connectivity index (χ1n) is 5.34. The Balaban J connectivity index is 2.65. The highest BCUT2D eigenvalue weighted by Crippen LogP contribution is 2.31. The Morgan fingerprint density at radius 1 is 1.30 bits per heavy atom. The van der Waals surface area contributed by atoms with Gasteiger partial charge in [-0.25, -0.2) is 9.37 Å². The van der Waals surface area contributed by atoms with Gasteiger partial charge in [-0.1, -0.05) is 18.3 Å². The predicted molar refractivity (Wildman–Crippen MR) is 66.4 cm³/mol. The molecule has 3 nitrogen and oxygen atoms in total. The van der Waals surface area contributed by atoms with Gasteiger partial charge in [-0.2, -0.15) is 13.2 Å². The number of H-pyrrole nitrogens is 1. The molecule has 0 bridgehead atoms. The Hall–Kier alpha value is -1.96. The van der Waals surface area contributed by atoms with Gasteiger partial charge >= 0.3 is 6.18 Å². The predicted octanol–water partition coefficient (Wildman–Crippen LogP) is 3.97. The van der Waals surface area contributed by atoms with Crippen molar-refractivity contribution in [3.63, 3.8) is 0 Å².